The van der Waals surface area contributed by atoms with E-state index in [2.05, 4.69) is 14.8 Å². The van der Waals surface area contributed by atoms with Gasteiger partial charge in [-0.05, 0) is 23.6 Å². The van der Waals surface area contributed by atoms with Crippen molar-refractivity contribution in [3.8, 4) is 0 Å². The molecule has 144 valence electrons. The Morgan fingerprint density at radius 2 is 1.85 bits per heavy atom. The van der Waals surface area contributed by atoms with Crippen LogP contribution in [0.1, 0.15) is 10.4 Å². The Morgan fingerprint density at radius 1 is 1.11 bits per heavy atom. The first-order chi connectivity index (χ1) is 12.8. The van der Waals surface area contributed by atoms with E-state index < -0.39 is 41.0 Å². The lowest BCUT2D eigenvalue weighted by Gasteiger charge is -2.10. The second-order valence-corrected chi connectivity index (χ2v) is 7.94. The van der Waals surface area contributed by atoms with E-state index in [1.807, 2.05) is 0 Å². The molecule has 2 rings (SSSR count). The summed E-state index contributed by atoms with van der Waals surface area (Å²) in [6, 6.07) is 9.11. The van der Waals surface area contributed by atoms with E-state index in [0.29, 0.717) is 0 Å². The summed E-state index contributed by atoms with van der Waals surface area (Å²) in [7, 11) is -2.59. The van der Waals surface area contributed by atoms with Gasteiger partial charge in [0, 0.05) is 0 Å². The molecular weight excluding hydrogens is 396 g/mol. The molecule has 1 amide bonds. The second kappa shape index (κ2) is 9.26. The van der Waals surface area contributed by atoms with Crippen molar-refractivity contribution >= 4 is 44.9 Å². The average Bonchev–Trinajstić information content (AvgIpc) is 3.20. The van der Waals surface area contributed by atoms with Crippen LogP contribution >= 0.6 is 11.3 Å². The summed E-state index contributed by atoms with van der Waals surface area (Å²) in [6.45, 7) is -1.26. The molecule has 0 aliphatic heterocycles. The van der Waals surface area contributed by atoms with Gasteiger partial charge in [-0.25, -0.2) is 13.2 Å². The van der Waals surface area contributed by atoms with Crippen LogP contribution in [0.3, 0.4) is 0 Å². The number of para-hydroxylation sites is 1. The highest BCUT2D eigenvalue weighted by molar-refractivity contribution is 7.91. The van der Waals surface area contributed by atoms with Crippen LogP contribution in [0.15, 0.2) is 46.0 Å². The van der Waals surface area contributed by atoms with Crippen LogP contribution in [0.5, 0.6) is 0 Å². The fraction of sp³-hybridized carbons (Fsp3) is 0.188. The van der Waals surface area contributed by atoms with Crippen LogP contribution in [0.4, 0.5) is 5.69 Å². The molecule has 0 bridgehead atoms. The number of nitrogens with one attached hydrogen (secondary N) is 2. The van der Waals surface area contributed by atoms with Crippen molar-refractivity contribution in [2.24, 2.45) is 0 Å². The number of anilines is 1. The molecule has 27 heavy (non-hydrogen) atoms. The van der Waals surface area contributed by atoms with Gasteiger partial charge in [-0.3, -0.25) is 9.59 Å². The normalized spacial score (nSPS) is 10.9. The molecule has 2 N–H and O–H groups in total. The topological polar surface area (TPSA) is 128 Å². The molecule has 11 heteroatoms. The number of methoxy groups -OCH3 is 1. The Morgan fingerprint density at radius 3 is 2.52 bits per heavy atom. The van der Waals surface area contributed by atoms with Gasteiger partial charge < -0.3 is 14.8 Å². The number of ether oxygens (including phenoxy) is 2. The van der Waals surface area contributed by atoms with Crippen LogP contribution in [0.2, 0.25) is 0 Å². The molecule has 1 aromatic heterocycles. The third-order valence-corrected chi connectivity index (χ3v) is 5.94. The zero-order valence-corrected chi connectivity index (χ0v) is 15.8. The van der Waals surface area contributed by atoms with E-state index in [1.54, 1.807) is 23.6 Å². The van der Waals surface area contributed by atoms with Gasteiger partial charge in [-0.1, -0.05) is 18.2 Å². The highest BCUT2D eigenvalue weighted by Gasteiger charge is 2.18. The lowest BCUT2D eigenvalue weighted by atomic mass is 10.2. The maximum absolute atomic E-state index is 11.9. The molecule has 0 spiro atoms. The minimum absolute atomic E-state index is 0.0625. The zero-order chi connectivity index (χ0) is 19.9. The lowest BCUT2D eigenvalue weighted by Crippen LogP contribution is -2.32. The van der Waals surface area contributed by atoms with Gasteiger partial charge in [0.05, 0.1) is 18.4 Å². The van der Waals surface area contributed by atoms with Gasteiger partial charge in [0.1, 0.15) is 10.8 Å². The van der Waals surface area contributed by atoms with Crippen LogP contribution in [-0.4, -0.2) is 46.5 Å². The fourth-order valence-corrected chi connectivity index (χ4v) is 3.91. The molecule has 0 saturated carbocycles. The molecule has 1 heterocycles. The van der Waals surface area contributed by atoms with Gasteiger partial charge in [-0.15, -0.1) is 11.3 Å². The molecular formula is C16H16N2O7S2. The Hall–Kier alpha value is -2.76. The molecule has 1 aromatic carbocycles. The SMILES string of the molecule is COC(=O)c1ccccc1NC(=O)COC(=O)CNS(=O)(=O)c1cccs1. The first-order valence-electron chi connectivity index (χ1n) is 7.49. The number of thiophene rings is 1. The fourth-order valence-electron chi connectivity index (χ4n) is 1.90. The van der Waals surface area contributed by atoms with Crippen molar-refractivity contribution in [1.82, 2.24) is 4.72 Å². The summed E-state index contributed by atoms with van der Waals surface area (Å²) in [5.41, 5.74) is 0.340. The van der Waals surface area contributed by atoms with E-state index in [4.69, 9.17) is 4.74 Å². The Bertz CT molecular complexity index is 924. The predicted molar refractivity (Wildman–Crippen MR) is 96.9 cm³/mol. The van der Waals surface area contributed by atoms with Gasteiger partial charge >= 0.3 is 11.9 Å². The number of hydrogen-bond donors (Lipinski definition) is 2. The summed E-state index contributed by atoms with van der Waals surface area (Å²) in [6.07, 6.45) is 0. The van der Waals surface area contributed by atoms with E-state index in [9.17, 15) is 22.8 Å². The summed E-state index contributed by atoms with van der Waals surface area (Å²) >= 11 is 1.00. The van der Waals surface area contributed by atoms with E-state index in [-0.39, 0.29) is 15.5 Å². The standard InChI is InChI=1S/C16H16N2O7S2/c1-24-16(21)11-5-2-3-6-12(11)18-13(19)10-25-14(20)9-17-27(22,23)15-7-4-8-26-15/h2-8,17H,9-10H2,1H3,(H,18,19). The number of esters is 2. The van der Waals surface area contributed by atoms with Crippen molar-refractivity contribution in [2.45, 2.75) is 4.21 Å². The summed E-state index contributed by atoms with van der Waals surface area (Å²) in [5.74, 6) is -2.25. The molecule has 0 unspecified atom stereocenters. The summed E-state index contributed by atoms with van der Waals surface area (Å²) in [5, 5.41) is 4.01. The highest BCUT2D eigenvalue weighted by Crippen LogP contribution is 2.16. The number of rotatable bonds is 8. The first-order valence-corrected chi connectivity index (χ1v) is 9.86. The average molecular weight is 412 g/mol. The maximum Gasteiger partial charge on any atom is 0.339 e. The molecule has 0 radical (unpaired) electrons. The second-order valence-electron chi connectivity index (χ2n) is 5.00. The Balaban J connectivity index is 1.84. The molecule has 0 aliphatic rings. The summed E-state index contributed by atoms with van der Waals surface area (Å²) in [4.78, 5) is 35.2. The van der Waals surface area contributed by atoms with E-state index >= 15 is 0 Å². The number of carbonyl (C=O) groups is 3. The Kier molecular flexibility index (Phi) is 7.05. The molecule has 2 aromatic rings. The number of hydrogen-bond acceptors (Lipinski definition) is 8. The van der Waals surface area contributed by atoms with Crippen molar-refractivity contribution < 1.29 is 32.3 Å². The number of carbonyl (C=O) groups excluding carboxylic acids is 3. The first kappa shape index (κ1) is 20.6. The van der Waals surface area contributed by atoms with Crippen molar-refractivity contribution in [3.63, 3.8) is 0 Å². The minimum Gasteiger partial charge on any atom is -0.465 e. The molecule has 0 fully saturated rings. The zero-order valence-electron chi connectivity index (χ0n) is 14.1. The largest absolute Gasteiger partial charge is 0.465 e. The molecule has 0 saturated heterocycles. The number of benzene rings is 1. The van der Waals surface area contributed by atoms with E-state index in [0.717, 1.165) is 11.3 Å². The quantitative estimate of drug-likeness (QED) is 0.619. The van der Waals surface area contributed by atoms with Gasteiger partial charge in [-0.2, -0.15) is 4.72 Å². The molecule has 9 nitrogen and oxygen atoms in total. The van der Waals surface area contributed by atoms with Crippen LogP contribution in [0, 0.1) is 0 Å². The van der Waals surface area contributed by atoms with Crippen molar-refractivity contribution in [3.05, 3.63) is 47.3 Å². The van der Waals surface area contributed by atoms with Crippen LogP contribution < -0.4 is 10.0 Å². The highest BCUT2D eigenvalue weighted by atomic mass is 32.2. The number of sulfonamides is 1. The monoisotopic (exact) mass is 412 g/mol. The number of amides is 1. The maximum atomic E-state index is 11.9. The third-order valence-electron chi connectivity index (χ3n) is 3.14. The van der Waals surface area contributed by atoms with E-state index in [1.165, 1.54) is 25.3 Å². The molecule has 0 atom stereocenters. The van der Waals surface area contributed by atoms with Gasteiger partial charge in [0.25, 0.3) is 15.9 Å². The minimum atomic E-state index is -3.80. The smallest absolute Gasteiger partial charge is 0.339 e. The molecule has 0 aliphatic carbocycles. The van der Waals surface area contributed by atoms with Crippen LogP contribution in [0.25, 0.3) is 0 Å². The van der Waals surface area contributed by atoms with Gasteiger partial charge in [0.2, 0.25) is 0 Å². The predicted octanol–water partition coefficient (Wildman–Crippen LogP) is 0.995. The van der Waals surface area contributed by atoms with Gasteiger partial charge in [0.15, 0.2) is 6.61 Å². The van der Waals surface area contributed by atoms with Crippen molar-refractivity contribution in [1.29, 1.82) is 0 Å². The Labute approximate surface area is 159 Å². The third kappa shape index (κ3) is 5.88. The van der Waals surface area contributed by atoms with Crippen molar-refractivity contribution in [2.75, 3.05) is 25.6 Å². The summed E-state index contributed by atoms with van der Waals surface area (Å²) < 4.78 is 35.2. The van der Waals surface area contributed by atoms with Crippen LogP contribution in [-0.2, 0) is 29.1 Å². The lowest BCUT2D eigenvalue weighted by molar-refractivity contribution is -0.146.